The van der Waals surface area contributed by atoms with Gasteiger partial charge in [-0.15, -0.1) is 0 Å². The van der Waals surface area contributed by atoms with Crippen LogP contribution >= 0.6 is 0 Å². The summed E-state index contributed by atoms with van der Waals surface area (Å²) in [5.41, 5.74) is 6.67. The first-order valence-electron chi connectivity index (χ1n) is 6.88. The molecule has 1 atom stereocenters. The molecule has 0 saturated heterocycles. The van der Waals surface area contributed by atoms with Crippen LogP contribution < -0.4 is 10.5 Å². The zero-order chi connectivity index (χ0) is 15.1. The molecule has 0 aliphatic rings. The quantitative estimate of drug-likeness (QED) is 0.832. The van der Waals surface area contributed by atoms with E-state index in [2.05, 4.69) is 0 Å². The number of carbonyl (C=O) groups is 1. The normalized spacial score (nSPS) is 12.1. The predicted octanol–water partition coefficient (Wildman–Crippen LogP) is 1.96. The molecule has 0 aliphatic heterocycles. The van der Waals surface area contributed by atoms with Crippen molar-refractivity contribution < 1.29 is 13.9 Å². The first-order valence-corrected chi connectivity index (χ1v) is 6.88. The van der Waals surface area contributed by atoms with Gasteiger partial charge < -0.3 is 15.4 Å². The van der Waals surface area contributed by atoms with Gasteiger partial charge in [0.15, 0.2) is 18.2 Å². The zero-order valence-corrected chi connectivity index (χ0v) is 12.4. The summed E-state index contributed by atoms with van der Waals surface area (Å²) >= 11 is 0. The zero-order valence-electron chi connectivity index (χ0n) is 12.4. The second-order valence-corrected chi connectivity index (χ2v) is 4.83. The maximum Gasteiger partial charge on any atom is 0.260 e. The molecule has 0 saturated carbocycles. The van der Waals surface area contributed by atoms with E-state index < -0.39 is 5.82 Å². The Hall–Kier alpha value is -1.62. The van der Waals surface area contributed by atoms with Crippen molar-refractivity contribution in [1.29, 1.82) is 0 Å². The van der Waals surface area contributed by atoms with Crippen LogP contribution in [0, 0.1) is 5.82 Å². The van der Waals surface area contributed by atoms with Crippen molar-refractivity contribution in [2.45, 2.75) is 32.7 Å². The van der Waals surface area contributed by atoms with E-state index in [-0.39, 0.29) is 24.3 Å². The second-order valence-electron chi connectivity index (χ2n) is 4.83. The van der Waals surface area contributed by atoms with E-state index in [1.165, 1.54) is 11.0 Å². The molecule has 0 heterocycles. The van der Waals surface area contributed by atoms with E-state index in [4.69, 9.17) is 10.5 Å². The number of hydrogen-bond acceptors (Lipinski definition) is 3. The molecule has 2 N–H and O–H groups in total. The van der Waals surface area contributed by atoms with Crippen molar-refractivity contribution in [3.63, 3.8) is 0 Å². The molecule has 0 spiro atoms. The Morgan fingerprint density at radius 1 is 1.45 bits per heavy atom. The average molecular weight is 282 g/mol. The third-order valence-electron chi connectivity index (χ3n) is 3.27. The van der Waals surface area contributed by atoms with Crippen molar-refractivity contribution in [2.75, 3.05) is 20.2 Å². The second kappa shape index (κ2) is 7.85. The Balaban J connectivity index is 2.62. The van der Waals surface area contributed by atoms with Crippen molar-refractivity contribution in [3.8, 4) is 5.75 Å². The predicted molar refractivity (Wildman–Crippen MR) is 77.2 cm³/mol. The lowest BCUT2D eigenvalue weighted by Crippen LogP contribution is -2.31. The third kappa shape index (κ3) is 4.81. The topological polar surface area (TPSA) is 55.6 Å². The van der Waals surface area contributed by atoms with E-state index >= 15 is 0 Å². The van der Waals surface area contributed by atoms with Gasteiger partial charge in [-0.3, -0.25) is 4.79 Å². The van der Waals surface area contributed by atoms with Crippen molar-refractivity contribution in [3.05, 3.63) is 29.6 Å². The fraction of sp³-hybridized carbons (Fsp3) is 0.533. The van der Waals surface area contributed by atoms with Crippen LogP contribution in [-0.2, 0) is 11.2 Å². The number of hydrogen-bond donors (Lipinski definition) is 1. The average Bonchev–Trinajstić information content (AvgIpc) is 2.44. The molecule has 20 heavy (non-hydrogen) atoms. The summed E-state index contributed by atoms with van der Waals surface area (Å²) in [6, 6.07) is 4.77. The Kier molecular flexibility index (Phi) is 6.45. The first-order chi connectivity index (χ1) is 9.47. The highest BCUT2D eigenvalue weighted by molar-refractivity contribution is 5.77. The number of nitrogens with two attached hydrogens (primary N) is 1. The smallest absolute Gasteiger partial charge is 0.260 e. The van der Waals surface area contributed by atoms with Crippen LogP contribution in [0.25, 0.3) is 0 Å². The number of rotatable bonds is 7. The van der Waals surface area contributed by atoms with E-state index in [1.54, 1.807) is 19.2 Å². The Bertz CT molecular complexity index is 451. The Morgan fingerprint density at radius 3 is 2.70 bits per heavy atom. The molecule has 1 aromatic rings. The highest BCUT2D eigenvalue weighted by Crippen LogP contribution is 2.19. The maximum atomic E-state index is 13.8. The number of likely N-dealkylation sites (N-methyl/N-ethyl adjacent to an activating group) is 1. The monoisotopic (exact) mass is 282 g/mol. The molecule has 1 unspecified atom stereocenters. The molecule has 1 aromatic carbocycles. The van der Waals surface area contributed by atoms with Crippen LogP contribution in [0.3, 0.4) is 0 Å². The van der Waals surface area contributed by atoms with Gasteiger partial charge in [-0.1, -0.05) is 13.0 Å². The van der Waals surface area contributed by atoms with Gasteiger partial charge >= 0.3 is 0 Å². The molecule has 0 bridgehead atoms. The van der Waals surface area contributed by atoms with Crippen molar-refractivity contribution >= 4 is 5.91 Å². The van der Waals surface area contributed by atoms with Crippen LogP contribution in [0.15, 0.2) is 18.2 Å². The number of benzene rings is 1. The molecule has 0 fully saturated rings. The molecule has 1 amide bonds. The van der Waals surface area contributed by atoms with Crippen LogP contribution in [0.1, 0.15) is 25.8 Å². The number of nitrogens with zero attached hydrogens (tertiary/aromatic N) is 1. The minimum atomic E-state index is -0.460. The highest BCUT2D eigenvalue weighted by atomic mass is 19.1. The summed E-state index contributed by atoms with van der Waals surface area (Å²) in [4.78, 5) is 13.1. The van der Waals surface area contributed by atoms with Gasteiger partial charge in [-0.25, -0.2) is 4.39 Å². The molecule has 0 aliphatic carbocycles. The number of halogens is 1. The van der Waals surface area contributed by atoms with E-state index in [0.29, 0.717) is 13.0 Å². The standard InChI is InChI=1S/C15H23FN2O2/c1-4-12(17)8-11-6-7-14(13(16)9-11)20-10-15(19)18(3)5-2/h6-7,9,12H,4-5,8,10,17H2,1-3H3. The van der Waals surface area contributed by atoms with Gasteiger partial charge in [0.2, 0.25) is 0 Å². The van der Waals surface area contributed by atoms with Crippen LogP contribution in [-0.4, -0.2) is 37.0 Å². The molecule has 0 aromatic heterocycles. The fourth-order valence-corrected chi connectivity index (χ4v) is 1.66. The van der Waals surface area contributed by atoms with E-state index in [9.17, 15) is 9.18 Å². The van der Waals surface area contributed by atoms with Gasteiger partial charge in [0, 0.05) is 19.6 Å². The van der Waals surface area contributed by atoms with Gasteiger partial charge in [-0.05, 0) is 37.5 Å². The Morgan fingerprint density at radius 2 is 2.15 bits per heavy atom. The lowest BCUT2D eigenvalue weighted by molar-refractivity contribution is -0.131. The largest absolute Gasteiger partial charge is 0.481 e. The van der Waals surface area contributed by atoms with Gasteiger partial charge in [0.1, 0.15) is 0 Å². The SMILES string of the molecule is CCC(N)Cc1ccc(OCC(=O)N(C)CC)c(F)c1. The summed E-state index contributed by atoms with van der Waals surface area (Å²) < 4.78 is 19.1. The fourth-order valence-electron chi connectivity index (χ4n) is 1.66. The minimum absolute atomic E-state index is 0.0287. The molecule has 4 nitrogen and oxygen atoms in total. The first kappa shape index (κ1) is 16.4. The summed E-state index contributed by atoms with van der Waals surface area (Å²) in [5.74, 6) is -0.543. The number of carbonyl (C=O) groups excluding carboxylic acids is 1. The Labute approximate surface area is 119 Å². The molecule has 1 rings (SSSR count). The summed E-state index contributed by atoms with van der Waals surface area (Å²) in [6.45, 7) is 4.30. The summed E-state index contributed by atoms with van der Waals surface area (Å²) in [7, 11) is 1.68. The lowest BCUT2D eigenvalue weighted by atomic mass is 10.0. The lowest BCUT2D eigenvalue weighted by Gasteiger charge is -2.15. The van der Waals surface area contributed by atoms with Crippen LogP contribution in [0.2, 0.25) is 0 Å². The maximum absolute atomic E-state index is 13.8. The van der Waals surface area contributed by atoms with Crippen molar-refractivity contribution in [2.24, 2.45) is 5.73 Å². The van der Waals surface area contributed by atoms with Crippen LogP contribution in [0.5, 0.6) is 5.75 Å². The molecule has 112 valence electrons. The minimum Gasteiger partial charge on any atom is -0.481 e. The van der Waals surface area contributed by atoms with Gasteiger partial charge in [-0.2, -0.15) is 0 Å². The molecular formula is C15H23FN2O2. The van der Waals surface area contributed by atoms with Crippen LogP contribution in [0.4, 0.5) is 4.39 Å². The molecular weight excluding hydrogens is 259 g/mol. The van der Waals surface area contributed by atoms with E-state index in [0.717, 1.165) is 12.0 Å². The van der Waals surface area contributed by atoms with Crippen molar-refractivity contribution in [1.82, 2.24) is 4.90 Å². The number of ether oxygens (including phenoxy) is 1. The molecule has 5 heteroatoms. The molecule has 0 radical (unpaired) electrons. The summed E-state index contributed by atoms with van der Waals surface area (Å²) in [6.07, 6.45) is 1.48. The van der Waals surface area contributed by atoms with E-state index in [1.807, 2.05) is 13.8 Å². The number of amides is 1. The van der Waals surface area contributed by atoms with Gasteiger partial charge in [0.25, 0.3) is 5.91 Å². The summed E-state index contributed by atoms with van der Waals surface area (Å²) in [5, 5.41) is 0. The highest BCUT2D eigenvalue weighted by Gasteiger charge is 2.11. The van der Waals surface area contributed by atoms with Gasteiger partial charge in [0.05, 0.1) is 0 Å². The third-order valence-corrected chi connectivity index (χ3v) is 3.27.